The van der Waals surface area contributed by atoms with Crippen LogP contribution in [0.3, 0.4) is 0 Å². The minimum atomic E-state index is -0.262. The van der Waals surface area contributed by atoms with Gasteiger partial charge in [-0.15, -0.1) is 0 Å². The molecule has 1 saturated heterocycles. The highest BCUT2D eigenvalue weighted by Crippen LogP contribution is 2.14. The van der Waals surface area contributed by atoms with E-state index < -0.39 is 0 Å². The lowest BCUT2D eigenvalue weighted by Crippen LogP contribution is -2.46. The Hall–Kier alpha value is -1.42. The van der Waals surface area contributed by atoms with Crippen LogP contribution in [0.2, 0.25) is 0 Å². The Balaban J connectivity index is 1.97. The summed E-state index contributed by atoms with van der Waals surface area (Å²) in [5.74, 6) is -0.122. The molecule has 1 amide bonds. The lowest BCUT2D eigenvalue weighted by Gasteiger charge is -2.34. The molecule has 1 aromatic carbocycles. The molecule has 3 nitrogen and oxygen atoms in total. The SMILES string of the molecule is CCN(C(=O)Cc1ccc(F)cc1)C1CCNCC1. The van der Waals surface area contributed by atoms with Gasteiger partial charge in [0.1, 0.15) is 5.82 Å². The molecule has 0 bridgehead atoms. The number of hydrogen-bond acceptors (Lipinski definition) is 2. The first kappa shape index (κ1) is 14.0. The Morgan fingerprint density at radius 3 is 2.53 bits per heavy atom. The van der Waals surface area contributed by atoms with Gasteiger partial charge in [-0.2, -0.15) is 0 Å². The molecule has 2 rings (SSSR count). The molecule has 0 unspecified atom stereocenters. The lowest BCUT2D eigenvalue weighted by atomic mass is 10.0. The van der Waals surface area contributed by atoms with Crippen molar-refractivity contribution in [3.8, 4) is 0 Å². The third-order valence-electron chi connectivity index (χ3n) is 3.68. The molecule has 0 saturated carbocycles. The summed E-state index contributed by atoms with van der Waals surface area (Å²) >= 11 is 0. The second-order valence-electron chi connectivity index (χ2n) is 4.96. The van der Waals surface area contributed by atoms with Crippen LogP contribution in [0.1, 0.15) is 25.3 Å². The fourth-order valence-electron chi connectivity index (χ4n) is 2.63. The molecule has 104 valence electrons. The summed E-state index contributed by atoms with van der Waals surface area (Å²) in [6.45, 7) is 4.71. The van der Waals surface area contributed by atoms with Crippen molar-refractivity contribution < 1.29 is 9.18 Å². The summed E-state index contributed by atoms with van der Waals surface area (Å²) in [4.78, 5) is 14.3. The second kappa shape index (κ2) is 6.66. The zero-order valence-electron chi connectivity index (χ0n) is 11.4. The summed E-state index contributed by atoms with van der Waals surface area (Å²) in [7, 11) is 0. The fraction of sp³-hybridized carbons (Fsp3) is 0.533. The van der Waals surface area contributed by atoms with Crippen LogP contribution in [0.5, 0.6) is 0 Å². The summed E-state index contributed by atoms with van der Waals surface area (Å²) < 4.78 is 12.8. The van der Waals surface area contributed by atoms with Crippen LogP contribution in [-0.4, -0.2) is 36.5 Å². The molecule has 1 aliphatic heterocycles. The van der Waals surface area contributed by atoms with E-state index in [9.17, 15) is 9.18 Å². The van der Waals surface area contributed by atoms with Crippen molar-refractivity contribution in [3.63, 3.8) is 0 Å². The molecule has 0 spiro atoms. The predicted molar refractivity (Wildman–Crippen MR) is 73.4 cm³/mol. The highest BCUT2D eigenvalue weighted by Gasteiger charge is 2.23. The molecule has 0 aromatic heterocycles. The topological polar surface area (TPSA) is 32.3 Å². The molecule has 1 heterocycles. The van der Waals surface area contributed by atoms with E-state index in [2.05, 4.69) is 5.32 Å². The Kier molecular flexibility index (Phi) is 4.91. The maximum atomic E-state index is 12.8. The van der Waals surface area contributed by atoms with Gasteiger partial charge in [0, 0.05) is 12.6 Å². The van der Waals surface area contributed by atoms with E-state index >= 15 is 0 Å². The quantitative estimate of drug-likeness (QED) is 0.901. The van der Waals surface area contributed by atoms with Crippen molar-refractivity contribution in [3.05, 3.63) is 35.6 Å². The maximum absolute atomic E-state index is 12.8. The van der Waals surface area contributed by atoms with Crippen molar-refractivity contribution in [2.45, 2.75) is 32.2 Å². The Morgan fingerprint density at radius 2 is 1.95 bits per heavy atom. The highest BCUT2D eigenvalue weighted by atomic mass is 19.1. The third-order valence-corrected chi connectivity index (χ3v) is 3.68. The Bertz CT molecular complexity index is 413. The van der Waals surface area contributed by atoms with Crippen LogP contribution >= 0.6 is 0 Å². The number of nitrogens with one attached hydrogen (secondary N) is 1. The average Bonchev–Trinajstić information content (AvgIpc) is 2.43. The number of carbonyl (C=O) groups is 1. The van der Waals surface area contributed by atoms with Gasteiger partial charge < -0.3 is 10.2 Å². The first-order chi connectivity index (χ1) is 9.20. The second-order valence-corrected chi connectivity index (χ2v) is 4.96. The minimum Gasteiger partial charge on any atom is -0.340 e. The van der Waals surface area contributed by atoms with Crippen molar-refractivity contribution in [2.75, 3.05) is 19.6 Å². The number of piperidine rings is 1. The number of rotatable bonds is 4. The van der Waals surface area contributed by atoms with Crippen LogP contribution < -0.4 is 5.32 Å². The van der Waals surface area contributed by atoms with Gasteiger partial charge in [-0.3, -0.25) is 4.79 Å². The number of likely N-dealkylation sites (N-methyl/N-ethyl adjacent to an activating group) is 1. The van der Waals surface area contributed by atoms with Gasteiger partial charge in [0.15, 0.2) is 0 Å². The van der Waals surface area contributed by atoms with Gasteiger partial charge in [0.05, 0.1) is 6.42 Å². The van der Waals surface area contributed by atoms with Gasteiger partial charge in [0.25, 0.3) is 0 Å². The molecule has 0 aliphatic carbocycles. The van der Waals surface area contributed by atoms with Crippen molar-refractivity contribution >= 4 is 5.91 Å². The van der Waals surface area contributed by atoms with Gasteiger partial charge >= 0.3 is 0 Å². The number of halogens is 1. The van der Waals surface area contributed by atoms with Gasteiger partial charge in [0.2, 0.25) is 5.91 Å². The monoisotopic (exact) mass is 264 g/mol. The zero-order valence-corrected chi connectivity index (χ0v) is 11.4. The van der Waals surface area contributed by atoms with Crippen molar-refractivity contribution in [1.82, 2.24) is 10.2 Å². The largest absolute Gasteiger partial charge is 0.340 e. The van der Waals surface area contributed by atoms with E-state index in [0.29, 0.717) is 12.5 Å². The number of hydrogen-bond donors (Lipinski definition) is 1. The molecular weight excluding hydrogens is 243 g/mol. The molecular formula is C15H21FN2O. The molecule has 1 N–H and O–H groups in total. The van der Waals surface area contributed by atoms with Crippen molar-refractivity contribution in [1.29, 1.82) is 0 Å². The van der Waals surface area contributed by atoms with E-state index in [1.807, 2.05) is 11.8 Å². The number of carbonyl (C=O) groups excluding carboxylic acids is 1. The van der Waals surface area contributed by atoms with Gasteiger partial charge in [-0.1, -0.05) is 12.1 Å². The maximum Gasteiger partial charge on any atom is 0.227 e. The van der Waals surface area contributed by atoms with Crippen LogP contribution in [0.4, 0.5) is 4.39 Å². The Morgan fingerprint density at radius 1 is 1.32 bits per heavy atom. The molecule has 4 heteroatoms. The molecule has 1 aliphatic rings. The highest BCUT2D eigenvalue weighted by molar-refractivity contribution is 5.79. The molecule has 19 heavy (non-hydrogen) atoms. The molecule has 1 aromatic rings. The first-order valence-corrected chi connectivity index (χ1v) is 6.95. The summed E-state index contributed by atoms with van der Waals surface area (Å²) in [5, 5.41) is 3.31. The minimum absolute atomic E-state index is 0.140. The third kappa shape index (κ3) is 3.77. The van der Waals surface area contributed by atoms with Gasteiger partial charge in [-0.25, -0.2) is 4.39 Å². The summed E-state index contributed by atoms with van der Waals surface area (Å²) in [6.07, 6.45) is 2.39. The molecule has 1 fully saturated rings. The predicted octanol–water partition coefficient (Wildman–Crippen LogP) is 1.97. The van der Waals surface area contributed by atoms with Gasteiger partial charge in [-0.05, 0) is 50.6 Å². The standard InChI is InChI=1S/C15H21FN2O/c1-2-18(14-7-9-17-10-8-14)15(19)11-12-3-5-13(16)6-4-12/h3-6,14,17H,2,7-11H2,1H3. The lowest BCUT2D eigenvalue weighted by molar-refractivity contribution is -0.133. The van der Waals surface area contributed by atoms with E-state index in [4.69, 9.17) is 0 Å². The summed E-state index contributed by atoms with van der Waals surface area (Å²) in [5.41, 5.74) is 0.874. The molecule has 0 radical (unpaired) electrons. The van der Waals surface area contributed by atoms with E-state index in [-0.39, 0.29) is 11.7 Å². The van der Waals surface area contributed by atoms with E-state index in [1.165, 1.54) is 12.1 Å². The van der Waals surface area contributed by atoms with E-state index in [0.717, 1.165) is 38.0 Å². The smallest absolute Gasteiger partial charge is 0.227 e. The van der Waals surface area contributed by atoms with Crippen LogP contribution in [0, 0.1) is 5.82 Å². The van der Waals surface area contributed by atoms with Crippen LogP contribution in [0.25, 0.3) is 0 Å². The van der Waals surface area contributed by atoms with E-state index in [1.54, 1.807) is 12.1 Å². The zero-order chi connectivity index (χ0) is 13.7. The number of benzene rings is 1. The normalized spacial score (nSPS) is 16.3. The van der Waals surface area contributed by atoms with Crippen molar-refractivity contribution in [2.24, 2.45) is 0 Å². The number of amides is 1. The van der Waals surface area contributed by atoms with Crippen LogP contribution in [0.15, 0.2) is 24.3 Å². The Labute approximate surface area is 113 Å². The molecule has 0 atom stereocenters. The van der Waals surface area contributed by atoms with Crippen LogP contribution in [-0.2, 0) is 11.2 Å². The first-order valence-electron chi connectivity index (χ1n) is 6.95. The number of nitrogens with zero attached hydrogens (tertiary/aromatic N) is 1. The average molecular weight is 264 g/mol. The summed E-state index contributed by atoms with van der Waals surface area (Å²) in [6, 6.07) is 6.53. The fourth-order valence-corrected chi connectivity index (χ4v) is 2.63.